The van der Waals surface area contributed by atoms with E-state index in [0.717, 1.165) is 22.5 Å². The molecule has 0 radical (unpaired) electrons. The average Bonchev–Trinajstić information content (AvgIpc) is 3.08. The van der Waals surface area contributed by atoms with Crippen molar-refractivity contribution in [3.8, 4) is 11.3 Å². The Morgan fingerprint density at radius 2 is 1.71 bits per heavy atom. The van der Waals surface area contributed by atoms with Gasteiger partial charge in [-0.2, -0.15) is 0 Å². The summed E-state index contributed by atoms with van der Waals surface area (Å²) in [5.74, 6) is -0.375. The summed E-state index contributed by atoms with van der Waals surface area (Å²) in [6.07, 6.45) is 3.30. The van der Waals surface area contributed by atoms with Crippen molar-refractivity contribution >= 4 is 17.7 Å². The van der Waals surface area contributed by atoms with Gasteiger partial charge in [-0.3, -0.25) is 0 Å². The van der Waals surface area contributed by atoms with E-state index >= 15 is 0 Å². The fraction of sp³-hybridized carbons (Fsp3) is 0.375. The zero-order chi connectivity index (χ0) is 22.8. The van der Waals surface area contributed by atoms with Gasteiger partial charge >= 0.3 is 12.1 Å². The smallest absolute Gasteiger partial charge is 0.407 e. The van der Waals surface area contributed by atoms with Crippen molar-refractivity contribution in [1.82, 2.24) is 14.7 Å². The Kier molecular flexibility index (Phi) is 6.06. The van der Waals surface area contributed by atoms with Crippen LogP contribution in [0, 0.1) is 0 Å². The second-order valence-electron chi connectivity index (χ2n) is 9.33. The first-order chi connectivity index (χ1) is 14.4. The summed E-state index contributed by atoms with van der Waals surface area (Å²) in [6.45, 7) is 11.3. The van der Waals surface area contributed by atoms with Crippen LogP contribution in [-0.2, 0) is 16.0 Å². The number of carbonyl (C=O) groups excluding carboxylic acids is 2. The van der Waals surface area contributed by atoms with Crippen molar-refractivity contribution in [2.75, 3.05) is 0 Å². The second-order valence-corrected chi connectivity index (χ2v) is 9.33. The zero-order valence-corrected chi connectivity index (χ0v) is 18.9. The lowest BCUT2D eigenvalue weighted by Gasteiger charge is -2.19. The number of amides is 1. The molecular weight excluding hydrogens is 394 g/mol. The van der Waals surface area contributed by atoms with E-state index in [1.165, 1.54) is 0 Å². The van der Waals surface area contributed by atoms with E-state index in [9.17, 15) is 9.59 Å². The first-order valence-electron chi connectivity index (χ1n) is 10.2. The quantitative estimate of drug-likeness (QED) is 0.599. The lowest BCUT2D eigenvalue weighted by molar-refractivity contribution is 0.00692. The number of rotatable bonds is 4. The maximum Gasteiger partial charge on any atom is 0.407 e. The summed E-state index contributed by atoms with van der Waals surface area (Å²) < 4.78 is 12.7. The largest absolute Gasteiger partial charge is 0.456 e. The third-order valence-electron chi connectivity index (χ3n) is 4.18. The predicted octanol–water partition coefficient (Wildman–Crippen LogP) is 4.98. The number of aromatic nitrogens is 2. The molecule has 2 heterocycles. The van der Waals surface area contributed by atoms with E-state index in [2.05, 4.69) is 5.32 Å². The molecule has 0 fully saturated rings. The first-order valence-corrected chi connectivity index (χ1v) is 10.2. The van der Waals surface area contributed by atoms with Gasteiger partial charge in [0, 0.05) is 30.1 Å². The van der Waals surface area contributed by atoms with Crippen molar-refractivity contribution in [3.05, 3.63) is 59.9 Å². The highest BCUT2D eigenvalue weighted by Crippen LogP contribution is 2.23. The van der Waals surface area contributed by atoms with Gasteiger partial charge in [-0.15, -0.1) is 0 Å². The number of alkyl carbamates (subject to hydrolysis) is 1. The van der Waals surface area contributed by atoms with Crippen molar-refractivity contribution in [1.29, 1.82) is 0 Å². The Labute approximate surface area is 182 Å². The van der Waals surface area contributed by atoms with Gasteiger partial charge in [0.25, 0.3) is 0 Å². The molecule has 0 aliphatic carbocycles. The Morgan fingerprint density at radius 1 is 1.00 bits per heavy atom. The number of nitrogens with zero attached hydrogens (tertiary/aromatic N) is 2. The minimum Gasteiger partial charge on any atom is -0.456 e. The summed E-state index contributed by atoms with van der Waals surface area (Å²) in [5.41, 5.74) is 2.44. The summed E-state index contributed by atoms with van der Waals surface area (Å²) in [7, 11) is 0. The number of ether oxygens (including phenoxy) is 2. The van der Waals surface area contributed by atoms with Crippen LogP contribution in [0.5, 0.6) is 0 Å². The predicted molar refractivity (Wildman–Crippen MR) is 119 cm³/mol. The monoisotopic (exact) mass is 423 g/mol. The summed E-state index contributed by atoms with van der Waals surface area (Å²) in [4.78, 5) is 29.1. The van der Waals surface area contributed by atoms with Gasteiger partial charge in [0.05, 0.1) is 11.3 Å². The number of pyridine rings is 1. The lowest BCUT2D eigenvalue weighted by atomic mass is 10.1. The van der Waals surface area contributed by atoms with Gasteiger partial charge in [0.15, 0.2) is 0 Å². The molecule has 7 nitrogen and oxygen atoms in total. The first kappa shape index (κ1) is 22.3. The fourth-order valence-electron chi connectivity index (χ4n) is 2.97. The van der Waals surface area contributed by atoms with Gasteiger partial charge in [-0.05, 0) is 59.7 Å². The molecule has 164 valence electrons. The molecule has 31 heavy (non-hydrogen) atoms. The van der Waals surface area contributed by atoms with Crippen LogP contribution >= 0.6 is 0 Å². The molecule has 0 aliphatic rings. The van der Waals surface area contributed by atoms with E-state index in [1.807, 2.05) is 82.6 Å². The zero-order valence-electron chi connectivity index (χ0n) is 18.9. The Balaban J connectivity index is 1.84. The molecule has 3 aromatic rings. The molecule has 0 bridgehead atoms. The average molecular weight is 424 g/mol. The Hall–Kier alpha value is -3.35. The second kappa shape index (κ2) is 8.41. The van der Waals surface area contributed by atoms with Gasteiger partial charge in [0.1, 0.15) is 16.8 Å². The number of hydrogen-bond donors (Lipinski definition) is 1. The molecule has 0 aliphatic heterocycles. The molecule has 3 rings (SSSR count). The molecule has 0 spiro atoms. The summed E-state index contributed by atoms with van der Waals surface area (Å²) >= 11 is 0. The number of nitrogens with one attached hydrogen (secondary N) is 1. The van der Waals surface area contributed by atoms with E-state index in [0.29, 0.717) is 5.56 Å². The Morgan fingerprint density at radius 3 is 2.39 bits per heavy atom. The minimum atomic E-state index is -0.563. The van der Waals surface area contributed by atoms with Crippen LogP contribution in [0.4, 0.5) is 4.79 Å². The van der Waals surface area contributed by atoms with Crippen LogP contribution in [0.15, 0.2) is 48.8 Å². The van der Waals surface area contributed by atoms with E-state index in [4.69, 9.17) is 14.5 Å². The number of hydrogen-bond acceptors (Lipinski definition) is 5. The van der Waals surface area contributed by atoms with Crippen molar-refractivity contribution in [3.63, 3.8) is 0 Å². The van der Waals surface area contributed by atoms with Crippen molar-refractivity contribution in [2.45, 2.75) is 59.3 Å². The molecule has 0 saturated heterocycles. The van der Waals surface area contributed by atoms with Gasteiger partial charge < -0.3 is 19.2 Å². The van der Waals surface area contributed by atoms with Crippen LogP contribution in [-0.4, -0.2) is 32.6 Å². The van der Waals surface area contributed by atoms with Crippen LogP contribution in [0.1, 0.15) is 57.5 Å². The third kappa shape index (κ3) is 6.07. The van der Waals surface area contributed by atoms with E-state index < -0.39 is 17.3 Å². The SMILES string of the molecule is CC(C)(C)OC(=O)NCc1cccn2cc(-c3cccc(C(=O)OC(C)(C)C)c3)nc12. The highest BCUT2D eigenvalue weighted by molar-refractivity contribution is 5.91. The van der Waals surface area contributed by atoms with Crippen LogP contribution in [0.2, 0.25) is 0 Å². The molecular formula is C24H29N3O4. The lowest BCUT2D eigenvalue weighted by Crippen LogP contribution is -2.32. The van der Waals surface area contributed by atoms with E-state index in [-0.39, 0.29) is 12.5 Å². The highest BCUT2D eigenvalue weighted by atomic mass is 16.6. The molecule has 0 saturated carbocycles. The van der Waals surface area contributed by atoms with Gasteiger partial charge in [-0.1, -0.05) is 18.2 Å². The topological polar surface area (TPSA) is 81.9 Å². The van der Waals surface area contributed by atoms with Crippen LogP contribution in [0.3, 0.4) is 0 Å². The number of benzene rings is 1. The number of esters is 1. The number of fused-ring (bicyclic) bond motifs is 1. The fourth-order valence-corrected chi connectivity index (χ4v) is 2.97. The molecule has 1 aromatic carbocycles. The standard InChI is InChI=1S/C24H29N3O4/c1-23(2,3)30-21(28)17-10-7-9-16(13-17)19-15-27-12-8-11-18(20(27)26-19)14-25-22(29)31-24(4,5)6/h7-13,15H,14H2,1-6H3,(H,25,29). The third-order valence-corrected chi connectivity index (χ3v) is 4.18. The van der Waals surface area contributed by atoms with Gasteiger partial charge in [-0.25, -0.2) is 14.6 Å². The normalized spacial score (nSPS) is 11.9. The molecule has 7 heteroatoms. The summed E-state index contributed by atoms with van der Waals surface area (Å²) in [6, 6.07) is 11.0. The van der Waals surface area contributed by atoms with E-state index in [1.54, 1.807) is 12.1 Å². The molecule has 0 atom stereocenters. The van der Waals surface area contributed by atoms with Crippen LogP contribution < -0.4 is 5.32 Å². The van der Waals surface area contributed by atoms with Crippen LogP contribution in [0.25, 0.3) is 16.9 Å². The molecule has 2 aromatic heterocycles. The molecule has 1 amide bonds. The Bertz CT molecular complexity index is 1100. The molecule has 1 N–H and O–H groups in total. The summed E-state index contributed by atoms with van der Waals surface area (Å²) in [5, 5.41) is 2.77. The number of carbonyl (C=O) groups is 2. The van der Waals surface area contributed by atoms with Crippen molar-refractivity contribution in [2.24, 2.45) is 0 Å². The minimum absolute atomic E-state index is 0.285. The maximum absolute atomic E-state index is 12.4. The number of imidazole rings is 1. The molecule has 0 unspecified atom stereocenters. The van der Waals surface area contributed by atoms with Crippen molar-refractivity contribution < 1.29 is 19.1 Å². The van der Waals surface area contributed by atoms with Gasteiger partial charge in [0.2, 0.25) is 0 Å². The highest BCUT2D eigenvalue weighted by Gasteiger charge is 2.19. The maximum atomic E-state index is 12.4.